The summed E-state index contributed by atoms with van der Waals surface area (Å²) in [6, 6.07) is 42.2. The van der Waals surface area contributed by atoms with Crippen LogP contribution in [0, 0.1) is 0 Å². The van der Waals surface area contributed by atoms with E-state index in [1.54, 1.807) is 0 Å². The van der Waals surface area contributed by atoms with Crippen LogP contribution in [0.2, 0.25) is 0 Å². The van der Waals surface area contributed by atoms with Crippen LogP contribution in [-0.4, -0.2) is 23.5 Å². The number of pyridine rings is 1. The maximum Gasteiger partial charge on any atom is 0.222 e. The fourth-order valence-electron chi connectivity index (χ4n) is 6.79. The average Bonchev–Trinajstić information content (AvgIpc) is 3.78. The zero-order valence-corrected chi connectivity index (χ0v) is 22.3. The molecule has 0 radical (unpaired) electrons. The van der Waals surface area contributed by atoms with E-state index in [2.05, 4.69) is 105 Å². The minimum atomic E-state index is 0.715. The van der Waals surface area contributed by atoms with Crippen LogP contribution in [-0.2, 0) is 0 Å². The van der Waals surface area contributed by atoms with Gasteiger partial charge in [0.1, 0.15) is 5.58 Å². The Kier molecular flexibility index (Phi) is 4.10. The molecule has 0 saturated heterocycles. The highest BCUT2D eigenvalue weighted by molar-refractivity contribution is 6.11. The predicted molar refractivity (Wildman–Crippen MR) is 169 cm³/mol. The predicted octanol–water partition coefficient (Wildman–Crippen LogP) is 8.82. The Morgan fingerprint density at radius 3 is 2.00 bits per heavy atom. The van der Waals surface area contributed by atoms with Gasteiger partial charge in [0, 0.05) is 27.7 Å². The Labute approximate surface area is 238 Å². The minimum Gasteiger partial charge on any atom is -0.452 e. The molecule has 5 heterocycles. The van der Waals surface area contributed by atoms with Crippen LogP contribution in [0.5, 0.6) is 0 Å². The van der Waals surface area contributed by atoms with E-state index in [-0.39, 0.29) is 0 Å². The van der Waals surface area contributed by atoms with Crippen molar-refractivity contribution in [3.8, 4) is 11.5 Å². The Morgan fingerprint density at radius 1 is 0.524 bits per heavy atom. The summed E-state index contributed by atoms with van der Waals surface area (Å²) in [6.07, 6.45) is 1.87. The topological polar surface area (TPSA) is 53.2 Å². The number of hydrogen-bond donors (Lipinski definition) is 0. The van der Waals surface area contributed by atoms with Gasteiger partial charge in [-0.1, -0.05) is 72.8 Å². The molecule has 5 aromatic heterocycles. The summed E-state index contributed by atoms with van der Waals surface area (Å²) in [6.45, 7) is 0. The molecular weight excluding hydrogens is 518 g/mol. The van der Waals surface area contributed by atoms with Gasteiger partial charge in [-0.15, -0.1) is 0 Å². The first-order valence-electron chi connectivity index (χ1n) is 14.0. The Morgan fingerprint density at radius 2 is 1.19 bits per heavy atom. The monoisotopic (exact) mass is 539 g/mol. The standard InChI is InChI=1S/C36H21N5O/c1-5-14-27-22(10-1)23-11-2-6-15-28(23)39(27)30-17-9-18-31-33(30)41(36-38-26-13-4-7-16-29(26)40(31)36)35-34-25(20-21-37-35)24-12-3-8-19-32(24)42-34/h1-21H. The van der Waals surface area contributed by atoms with Gasteiger partial charge >= 0.3 is 0 Å². The molecule has 0 fully saturated rings. The second-order valence-electron chi connectivity index (χ2n) is 10.7. The van der Waals surface area contributed by atoms with Gasteiger partial charge in [-0.2, -0.15) is 0 Å². The quantitative estimate of drug-likeness (QED) is 0.221. The number of rotatable bonds is 2. The van der Waals surface area contributed by atoms with Crippen LogP contribution >= 0.6 is 0 Å². The third kappa shape index (κ3) is 2.68. The van der Waals surface area contributed by atoms with Crippen molar-refractivity contribution in [3.63, 3.8) is 0 Å². The van der Waals surface area contributed by atoms with Crippen LogP contribution in [0.25, 0.3) is 83.1 Å². The van der Waals surface area contributed by atoms with Gasteiger partial charge in [0.05, 0.1) is 38.8 Å². The molecule has 6 nitrogen and oxygen atoms in total. The molecule has 0 atom stereocenters. The van der Waals surface area contributed by atoms with Gasteiger partial charge in [-0.25, -0.2) is 9.97 Å². The molecule has 0 bridgehead atoms. The van der Waals surface area contributed by atoms with Crippen molar-refractivity contribution in [2.45, 2.75) is 0 Å². The Bertz CT molecular complexity index is 2650. The van der Waals surface area contributed by atoms with E-state index >= 15 is 0 Å². The van der Waals surface area contributed by atoms with Crippen molar-refractivity contribution >= 4 is 71.6 Å². The van der Waals surface area contributed by atoms with Crippen LogP contribution in [0.1, 0.15) is 0 Å². The van der Waals surface area contributed by atoms with E-state index < -0.39 is 0 Å². The lowest BCUT2D eigenvalue weighted by Gasteiger charge is -2.12. The highest BCUT2D eigenvalue weighted by Crippen LogP contribution is 2.39. The zero-order valence-electron chi connectivity index (χ0n) is 22.3. The summed E-state index contributed by atoms with van der Waals surface area (Å²) < 4.78 is 13.3. The van der Waals surface area contributed by atoms with E-state index in [1.807, 2.05) is 36.5 Å². The van der Waals surface area contributed by atoms with Gasteiger partial charge in [-0.05, 0) is 48.5 Å². The first kappa shape index (κ1) is 21.9. The SMILES string of the molecule is c1ccc2c(c1)nc1n(-c3nccc4c3oc3ccccc34)c3c(-n4c5ccccc5c5ccccc54)cccc3n21. The molecule has 0 unspecified atom stereocenters. The molecule has 0 spiro atoms. The van der Waals surface area contributed by atoms with Crippen molar-refractivity contribution in [2.75, 3.05) is 0 Å². The summed E-state index contributed by atoms with van der Waals surface area (Å²) >= 11 is 0. The van der Waals surface area contributed by atoms with Crippen molar-refractivity contribution in [3.05, 3.63) is 128 Å². The summed E-state index contributed by atoms with van der Waals surface area (Å²) in [5.41, 5.74) is 8.97. The average molecular weight is 540 g/mol. The Hall–Kier alpha value is -5.88. The second-order valence-corrected chi connectivity index (χ2v) is 10.7. The second kappa shape index (κ2) is 7.86. The highest BCUT2D eigenvalue weighted by atomic mass is 16.3. The lowest BCUT2D eigenvalue weighted by atomic mass is 10.2. The van der Waals surface area contributed by atoms with E-state index in [0.29, 0.717) is 5.82 Å². The lowest BCUT2D eigenvalue weighted by Crippen LogP contribution is -2.03. The minimum absolute atomic E-state index is 0.715. The van der Waals surface area contributed by atoms with Gasteiger partial charge in [0.15, 0.2) is 11.4 Å². The summed E-state index contributed by atoms with van der Waals surface area (Å²) in [5.74, 6) is 1.51. The molecular formula is C36H21N5O. The van der Waals surface area contributed by atoms with Crippen molar-refractivity contribution in [1.82, 2.24) is 23.5 Å². The molecule has 10 rings (SSSR count). The largest absolute Gasteiger partial charge is 0.452 e. The molecule has 0 aliphatic carbocycles. The highest BCUT2D eigenvalue weighted by Gasteiger charge is 2.25. The molecule has 0 aliphatic rings. The third-order valence-corrected chi connectivity index (χ3v) is 8.51. The van der Waals surface area contributed by atoms with E-state index in [1.165, 1.54) is 10.8 Å². The molecule has 0 amide bonds. The van der Waals surface area contributed by atoms with Gasteiger partial charge in [0.25, 0.3) is 0 Å². The molecule has 0 saturated carbocycles. The number of imidazole rings is 2. The smallest absolute Gasteiger partial charge is 0.222 e. The van der Waals surface area contributed by atoms with E-state index in [4.69, 9.17) is 14.4 Å². The molecule has 6 heteroatoms. The normalized spacial score (nSPS) is 12.3. The summed E-state index contributed by atoms with van der Waals surface area (Å²) in [4.78, 5) is 10.1. The number of para-hydroxylation sites is 6. The van der Waals surface area contributed by atoms with Crippen LogP contribution in [0.3, 0.4) is 0 Å². The molecule has 196 valence electrons. The van der Waals surface area contributed by atoms with Crippen LogP contribution in [0.15, 0.2) is 132 Å². The Balaban J connectivity index is 1.45. The molecule has 42 heavy (non-hydrogen) atoms. The van der Waals surface area contributed by atoms with Crippen LogP contribution in [0.4, 0.5) is 0 Å². The van der Waals surface area contributed by atoms with Crippen LogP contribution < -0.4 is 0 Å². The first-order valence-corrected chi connectivity index (χ1v) is 14.0. The third-order valence-electron chi connectivity index (χ3n) is 8.51. The fraction of sp³-hybridized carbons (Fsp3) is 0. The van der Waals surface area contributed by atoms with Gasteiger partial charge < -0.3 is 8.98 Å². The maximum atomic E-state index is 6.52. The molecule has 0 aliphatic heterocycles. The number of hydrogen-bond acceptors (Lipinski definition) is 3. The zero-order chi connectivity index (χ0) is 27.4. The molecule has 5 aromatic carbocycles. The van der Waals surface area contributed by atoms with Crippen molar-refractivity contribution in [1.29, 1.82) is 0 Å². The van der Waals surface area contributed by atoms with Crippen molar-refractivity contribution < 1.29 is 4.42 Å². The number of benzene rings is 5. The lowest BCUT2D eigenvalue weighted by molar-refractivity contribution is 0.663. The van der Waals surface area contributed by atoms with Gasteiger partial charge in [-0.3, -0.25) is 8.97 Å². The van der Waals surface area contributed by atoms with Crippen molar-refractivity contribution in [2.24, 2.45) is 0 Å². The first-order chi connectivity index (χ1) is 20.9. The van der Waals surface area contributed by atoms with E-state index in [9.17, 15) is 0 Å². The number of fused-ring (bicyclic) bond motifs is 11. The molecule has 10 aromatic rings. The van der Waals surface area contributed by atoms with E-state index in [0.717, 1.165) is 66.5 Å². The fourth-order valence-corrected chi connectivity index (χ4v) is 6.79. The van der Waals surface area contributed by atoms with Gasteiger partial charge in [0.2, 0.25) is 5.78 Å². The number of furan rings is 1. The summed E-state index contributed by atoms with van der Waals surface area (Å²) in [7, 11) is 0. The number of aromatic nitrogens is 5. The maximum absolute atomic E-state index is 6.52. The summed E-state index contributed by atoms with van der Waals surface area (Å²) in [5, 5.41) is 4.53. The number of nitrogens with zero attached hydrogens (tertiary/aromatic N) is 5. The molecule has 0 N–H and O–H groups in total.